The Morgan fingerprint density at radius 3 is 2.78 bits per heavy atom. The smallest absolute Gasteiger partial charge is 0.142 e. The SMILES string of the molecule is CC.O=CC1C2CNC(c3cccc(F)c3Cl)C12. The highest BCUT2D eigenvalue weighted by Gasteiger charge is 2.58. The van der Waals surface area contributed by atoms with Gasteiger partial charge in [-0.2, -0.15) is 0 Å². The third-order valence-corrected chi connectivity index (χ3v) is 4.12. The second kappa shape index (κ2) is 5.37. The maximum Gasteiger partial charge on any atom is 0.142 e. The van der Waals surface area contributed by atoms with Gasteiger partial charge in [0, 0.05) is 12.0 Å². The molecule has 4 unspecified atom stereocenters. The molecule has 1 aromatic rings. The summed E-state index contributed by atoms with van der Waals surface area (Å²) in [5.41, 5.74) is 0.776. The molecule has 1 N–H and O–H groups in total. The summed E-state index contributed by atoms with van der Waals surface area (Å²) >= 11 is 5.94. The largest absolute Gasteiger partial charge is 0.309 e. The summed E-state index contributed by atoms with van der Waals surface area (Å²) in [4.78, 5) is 10.8. The summed E-state index contributed by atoms with van der Waals surface area (Å²) in [5.74, 6) is 0.455. The topological polar surface area (TPSA) is 29.1 Å². The third-order valence-electron chi connectivity index (χ3n) is 3.72. The minimum atomic E-state index is -0.396. The van der Waals surface area contributed by atoms with E-state index in [0.717, 1.165) is 18.4 Å². The quantitative estimate of drug-likeness (QED) is 0.836. The van der Waals surface area contributed by atoms with Crippen LogP contribution < -0.4 is 5.32 Å². The second-order valence-corrected chi connectivity index (χ2v) is 4.86. The van der Waals surface area contributed by atoms with Gasteiger partial charge in [0.05, 0.1) is 5.02 Å². The Bertz CT molecular complexity index is 451. The van der Waals surface area contributed by atoms with Crippen molar-refractivity contribution in [3.8, 4) is 0 Å². The van der Waals surface area contributed by atoms with Crippen LogP contribution in [0.5, 0.6) is 0 Å². The molecular formula is C14H17ClFNO. The van der Waals surface area contributed by atoms with Crippen LogP contribution in [-0.4, -0.2) is 12.8 Å². The second-order valence-electron chi connectivity index (χ2n) is 4.48. The third kappa shape index (κ3) is 2.06. The van der Waals surface area contributed by atoms with Gasteiger partial charge in [-0.15, -0.1) is 0 Å². The van der Waals surface area contributed by atoms with E-state index in [1.54, 1.807) is 6.07 Å². The molecule has 1 aliphatic heterocycles. The molecule has 0 radical (unpaired) electrons. The summed E-state index contributed by atoms with van der Waals surface area (Å²) in [5, 5.41) is 3.47. The number of aldehydes is 1. The molecule has 4 heteroatoms. The number of rotatable bonds is 2. The molecule has 18 heavy (non-hydrogen) atoms. The van der Waals surface area contributed by atoms with E-state index in [2.05, 4.69) is 5.32 Å². The highest BCUT2D eigenvalue weighted by molar-refractivity contribution is 6.31. The fraction of sp³-hybridized carbons (Fsp3) is 0.500. The van der Waals surface area contributed by atoms with Crippen molar-refractivity contribution in [1.29, 1.82) is 0 Å². The highest BCUT2D eigenvalue weighted by atomic mass is 35.5. The zero-order chi connectivity index (χ0) is 13.3. The fourth-order valence-corrected chi connectivity index (χ4v) is 3.08. The van der Waals surface area contributed by atoms with E-state index in [-0.39, 0.29) is 17.0 Å². The van der Waals surface area contributed by atoms with E-state index < -0.39 is 5.82 Å². The van der Waals surface area contributed by atoms with Crippen LogP contribution in [0.15, 0.2) is 18.2 Å². The first-order chi connectivity index (χ1) is 8.74. The van der Waals surface area contributed by atoms with Crippen molar-refractivity contribution in [2.45, 2.75) is 19.9 Å². The molecule has 1 aliphatic carbocycles. The van der Waals surface area contributed by atoms with Gasteiger partial charge < -0.3 is 10.1 Å². The maximum absolute atomic E-state index is 13.3. The molecular weight excluding hydrogens is 253 g/mol. The Balaban J connectivity index is 0.000000574. The van der Waals surface area contributed by atoms with Gasteiger partial charge in [-0.1, -0.05) is 37.6 Å². The molecule has 1 aromatic carbocycles. The summed E-state index contributed by atoms with van der Waals surface area (Å²) in [6.07, 6.45) is 1.01. The van der Waals surface area contributed by atoms with Gasteiger partial charge >= 0.3 is 0 Å². The lowest BCUT2D eigenvalue weighted by Crippen LogP contribution is -2.21. The molecule has 0 aromatic heterocycles. The van der Waals surface area contributed by atoms with Crippen LogP contribution in [0.4, 0.5) is 4.39 Å². The van der Waals surface area contributed by atoms with Gasteiger partial charge in [0.25, 0.3) is 0 Å². The number of carbonyl (C=O) groups is 1. The van der Waals surface area contributed by atoms with Gasteiger partial charge in [0.1, 0.15) is 12.1 Å². The summed E-state index contributed by atoms with van der Waals surface area (Å²) < 4.78 is 13.3. The van der Waals surface area contributed by atoms with Gasteiger partial charge in [0.2, 0.25) is 0 Å². The predicted molar refractivity (Wildman–Crippen MR) is 70.0 cm³/mol. The van der Waals surface area contributed by atoms with Crippen molar-refractivity contribution in [1.82, 2.24) is 5.32 Å². The molecule has 4 atom stereocenters. The van der Waals surface area contributed by atoms with Gasteiger partial charge in [-0.25, -0.2) is 4.39 Å². The van der Waals surface area contributed by atoms with Crippen molar-refractivity contribution < 1.29 is 9.18 Å². The summed E-state index contributed by atoms with van der Waals surface area (Å²) in [7, 11) is 0. The standard InChI is InChI=1S/C12H11ClFNO.C2H6/c13-11-6(2-1-3-9(11)14)12-10-7(4-15-12)8(10)5-16;1-2/h1-3,5,7-8,10,12,15H,4H2;1-2H3. The number of hydrogen-bond donors (Lipinski definition) is 1. The monoisotopic (exact) mass is 269 g/mol. The van der Waals surface area contributed by atoms with E-state index in [4.69, 9.17) is 11.6 Å². The Labute approximate surface area is 112 Å². The zero-order valence-corrected chi connectivity index (χ0v) is 11.2. The first-order valence-corrected chi connectivity index (χ1v) is 6.74. The van der Waals surface area contributed by atoms with Crippen molar-refractivity contribution in [2.24, 2.45) is 17.8 Å². The van der Waals surface area contributed by atoms with Crippen LogP contribution in [0.3, 0.4) is 0 Å². The van der Waals surface area contributed by atoms with E-state index in [1.807, 2.05) is 19.9 Å². The van der Waals surface area contributed by atoms with Crippen LogP contribution in [0, 0.1) is 23.6 Å². The van der Waals surface area contributed by atoms with Crippen molar-refractivity contribution in [3.05, 3.63) is 34.6 Å². The molecule has 1 heterocycles. The first kappa shape index (κ1) is 13.5. The molecule has 1 saturated carbocycles. The molecule has 0 spiro atoms. The average Bonchev–Trinajstić information content (AvgIpc) is 2.95. The maximum atomic E-state index is 13.3. The Hall–Kier alpha value is -0.930. The predicted octanol–water partition coefficient (Wildman–Crippen LogP) is 3.21. The highest BCUT2D eigenvalue weighted by Crippen LogP contribution is 2.56. The lowest BCUT2D eigenvalue weighted by atomic mass is 10.0. The molecule has 2 aliphatic rings. The molecule has 0 amide bonds. The molecule has 3 rings (SSSR count). The molecule has 2 fully saturated rings. The molecule has 98 valence electrons. The van der Waals surface area contributed by atoms with Crippen LogP contribution in [0.1, 0.15) is 25.5 Å². The minimum Gasteiger partial charge on any atom is -0.309 e. The van der Waals surface area contributed by atoms with Crippen LogP contribution in [0.25, 0.3) is 0 Å². The number of hydrogen-bond acceptors (Lipinski definition) is 2. The van der Waals surface area contributed by atoms with Gasteiger partial charge in [-0.3, -0.25) is 0 Å². The fourth-order valence-electron chi connectivity index (χ4n) is 2.84. The lowest BCUT2D eigenvalue weighted by Gasteiger charge is -2.16. The number of fused-ring (bicyclic) bond motifs is 1. The number of piperidine rings is 1. The first-order valence-electron chi connectivity index (χ1n) is 6.36. The Morgan fingerprint density at radius 2 is 2.17 bits per heavy atom. The summed E-state index contributed by atoms with van der Waals surface area (Å²) in [6, 6.07) is 4.86. The minimum absolute atomic E-state index is 0.0309. The van der Waals surface area contributed by atoms with Gasteiger partial charge in [0.15, 0.2) is 0 Å². The average molecular weight is 270 g/mol. The number of nitrogens with one attached hydrogen (secondary N) is 1. The van der Waals surface area contributed by atoms with Crippen molar-refractivity contribution >= 4 is 17.9 Å². The van der Waals surface area contributed by atoms with E-state index in [1.165, 1.54) is 6.07 Å². The molecule has 1 saturated heterocycles. The van der Waals surface area contributed by atoms with Gasteiger partial charge in [-0.05, 0) is 30.0 Å². The normalized spacial score (nSPS) is 32.2. The van der Waals surface area contributed by atoms with Crippen molar-refractivity contribution in [3.63, 3.8) is 0 Å². The van der Waals surface area contributed by atoms with Crippen molar-refractivity contribution in [2.75, 3.05) is 6.54 Å². The van der Waals surface area contributed by atoms with Crippen LogP contribution >= 0.6 is 11.6 Å². The number of benzene rings is 1. The lowest BCUT2D eigenvalue weighted by molar-refractivity contribution is -0.109. The number of halogens is 2. The zero-order valence-electron chi connectivity index (χ0n) is 10.5. The van der Waals surface area contributed by atoms with E-state index in [0.29, 0.717) is 11.8 Å². The summed E-state index contributed by atoms with van der Waals surface area (Å²) in [6.45, 7) is 4.82. The van der Waals surface area contributed by atoms with Crippen LogP contribution in [-0.2, 0) is 4.79 Å². The molecule has 0 bridgehead atoms. The van der Waals surface area contributed by atoms with E-state index >= 15 is 0 Å². The Morgan fingerprint density at radius 1 is 1.44 bits per heavy atom. The molecule has 2 nitrogen and oxygen atoms in total. The van der Waals surface area contributed by atoms with Crippen LogP contribution in [0.2, 0.25) is 5.02 Å². The Kier molecular flexibility index (Phi) is 4.03. The van der Waals surface area contributed by atoms with E-state index in [9.17, 15) is 9.18 Å². The number of carbonyl (C=O) groups excluding carboxylic acids is 1.